The Balaban J connectivity index is 1.03. The highest BCUT2D eigenvalue weighted by Gasteiger charge is 2.23. The number of imidazole rings is 1. The van der Waals surface area contributed by atoms with Crippen LogP contribution in [0.15, 0.2) is 204 Å². The fourth-order valence-corrected chi connectivity index (χ4v) is 8.78. The molecule has 0 fully saturated rings. The van der Waals surface area contributed by atoms with Crippen LogP contribution in [0.4, 0.5) is 0 Å². The number of furan rings is 1. The summed E-state index contributed by atoms with van der Waals surface area (Å²) in [6.45, 7) is 6.53. The summed E-state index contributed by atoms with van der Waals surface area (Å²) in [5, 5.41) is 3.96. The Labute approximate surface area is 384 Å². The van der Waals surface area contributed by atoms with Crippen LogP contribution >= 0.6 is 0 Å². The number of ether oxygens (including phenoxy) is 1. The van der Waals surface area contributed by atoms with Crippen LogP contribution in [0.3, 0.4) is 0 Å². The van der Waals surface area contributed by atoms with Gasteiger partial charge in [0.1, 0.15) is 28.5 Å². The topological polar surface area (TPSA) is 49.0 Å². The minimum Gasteiger partial charge on any atom is -0.458 e. The molecule has 306 valence electrons. The molecule has 0 amide bonds. The van der Waals surface area contributed by atoms with E-state index in [0.29, 0.717) is 28.2 Å². The number of hydrogen-bond acceptors (Lipinski definition) is 3. The summed E-state index contributed by atoms with van der Waals surface area (Å²) in [4.78, 5) is 4.91. The lowest BCUT2D eigenvalue weighted by Crippen LogP contribution is -2.31. The molecular formula is C58H42N4O2. The van der Waals surface area contributed by atoms with Crippen LogP contribution in [0.1, 0.15) is 40.0 Å². The van der Waals surface area contributed by atoms with Crippen LogP contribution < -0.4 is 9.30 Å². The van der Waals surface area contributed by atoms with Crippen molar-refractivity contribution in [2.45, 2.75) is 26.2 Å². The lowest BCUT2D eigenvalue weighted by Gasteiger charge is -2.20. The van der Waals surface area contributed by atoms with Gasteiger partial charge in [-0.05, 0) is 93.9 Å². The molecule has 64 heavy (non-hydrogen) atoms. The summed E-state index contributed by atoms with van der Waals surface area (Å²) in [7, 11) is 0. The lowest BCUT2D eigenvalue weighted by molar-refractivity contribution is -0.571. The summed E-state index contributed by atoms with van der Waals surface area (Å²) in [5.74, 6) is 1.80. The Morgan fingerprint density at radius 3 is 2.11 bits per heavy atom. The molecule has 0 aliphatic rings. The zero-order valence-electron chi connectivity index (χ0n) is 44.9. The van der Waals surface area contributed by atoms with E-state index in [1.165, 1.54) is 0 Å². The van der Waals surface area contributed by atoms with Crippen LogP contribution in [0, 0.1) is 6.33 Å². The molecule has 6 nitrogen and oxygen atoms in total. The van der Waals surface area contributed by atoms with Gasteiger partial charge in [0.05, 0.1) is 52.5 Å². The fourth-order valence-electron chi connectivity index (χ4n) is 8.78. The normalized spacial score (nSPS) is 14.2. The second-order valence-corrected chi connectivity index (χ2v) is 16.7. The van der Waals surface area contributed by atoms with Crippen molar-refractivity contribution in [2.75, 3.05) is 0 Å². The zero-order valence-corrected chi connectivity index (χ0v) is 34.9. The van der Waals surface area contributed by atoms with Crippen LogP contribution in [0.5, 0.6) is 11.5 Å². The van der Waals surface area contributed by atoms with Crippen molar-refractivity contribution < 1.29 is 27.4 Å². The van der Waals surface area contributed by atoms with Gasteiger partial charge in [0, 0.05) is 28.4 Å². The first kappa shape index (κ1) is 28.4. The number of aromatic nitrogens is 4. The van der Waals surface area contributed by atoms with E-state index in [2.05, 4.69) is 55.9 Å². The van der Waals surface area contributed by atoms with Crippen LogP contribution in [0.2, 0.25) is 0 Å². The quantitative estimate of drug-likeness (QED) is 0.119. The van der Waals surface area contributed by atoms with E-state index in [4.69, 9.17) is 27.8 Å². The van der Waals surface area contributed by atoms with E-state index in [1.807, 2.05) is 97.2 Å². The van der Waals surface area contributed by atoms with E-state index < -0.39 is 60.4 Å². The Bertz CT molecular complexity index is 4220. The molecule has 0 radical (unpaired) electrons. The van der Waals surface area contributed by atoms with Crippen LogP contribution in [0.25, 0.3) is 94.2 Å². The van der Waals surface area contributed by atoms with Crippen molar-refractivity contribution in [3.8, 4) is 50.9 Å². The minimum atomic E-state index is -0.570. The molecule has 6 heteroatoms. The molecule has 4 heterocycles. The molecule has 0 saturated heterocycles. The first-order valence-corrected chi connectivity index (χ1v) is 20.9. The summed E-state index contributed by atoms with van der Waals surface area (Å²) in [5.41, 5.74) is 6.39. The van der Waals surface area contributed by atoms with Crippen molar-refractivity contribution in [1.82, 2.24) is 14.1 Å². The predicted octanol–water partition coefficient (Wildman–Crippen LogP) is 14.5. The number of hydrogen-bond donors (Lipinski definition) is 0. The van der Waals surface area contributed by atoms with Gasteiger partial charge in [-0.2, -0.15) is 0 Å². The van der Waals surface area contributed by atoms with Gasteiger partial charge >= 0.3 is 0 Å². The van der Waals surface area contributed by atoms with Crippen LogP contribution in [-0.4, -0.2) is 14.1 Å². The van der Waals surface area contributed by atoms with Crippen molar-refractivity contribution in [2.24, 2.45) is 0 Å². The summed E-state index contributed by atoms with van der Waals surface area (Å²) in [6.07, 6.45) is 5.29. The first-order chi connectivity index (χ1) is 35.5. The van der Waals surface area contributed by atoms with Crippen molar-refractivity contribution >= 4 is 54.8 Å². The SMILES string of the molecule is [2H]c1c([2H])c([2H])c(-c2cccc(-c3c([2H])c([2H])c([2H])c([2H])c3[2H])c2-[n+]2[c-]n(-c3cccc(Oc4ccc5c6c7oc8ccccc8c7ccc6n(-c6cc(C(C)(C)C)ccn6)c5c4)c3)c3ccccc32)c([2H])c1[2H]. The molecule has 0 bridgehead atoms. The molecule has 12 aromatic rings. The fraction of sp³-hybridized carbons (Fsp3) is 0.0690. The van der Waals surface area contributed by atoms with Gasteiger partial charge in [0.15, 0.2) is 0 Å². The van der Waals surface area contributed by atoms with E-state index in [9.17, 15) is 0 Å². The van der Waals surface area contributed by atoms with Crippen LogP contribution in [-0.2, 0) is 5.41 Å². The predicted molar refractivity (Wildman–Crippen MR) is 259 cm³/mol. The van der Waals surface area contributed by atoms with Gasteiger partial charge in [-0.25, -0.2) is 4.98 Å². The number of fused-ring (bicyclic) bond motifs is 8. The summed E-state index contributed by atoms with van der Waals surface area (Å²) < 4.78 is 106. The molecule has 4 aromatic heterocycles. The molecule has 0 unspecified atom stereocenters. The maximum Gasteiger partial charge on any atom is 0.269 e. The second-order valence-electron chi connectivity index (χ2n) is 16.7. The Morgan fingerprint density at radius 2 is 1.33 bits per heavy atom. The molecule has 12 rings (SSSR count). The highest BCUT2D eigenvalue weighted by Crippen LogP contribution is 2.42. The van der Waals surface area contributed by atoms with E-state index >= 15 is 0 Å². The number of para-hydroxylation sites is 4. The van der Waals surface area contributed by atoms with Gasteiger partial charge in [0.25, 0.3) is 6.33 Å². The summed E-state index contributed by atoms with van der Waals surface area (Å²) in [6, 6.07) is 36.7. The monoisotopic (exact) mass is 836 g/mol. The molecule has 0 spiro atoms. The van der Waals surface area contributed by atoms with Crippen molar-refractivity contribution in [3.05, 3.63) is 212 Å². The third-order valence-electron chi connectivity index (χ3n) is 11.8. The smallest absolute Gasteiger partial charge is 0.269 e. The molecular weight excluding hydrogens is 785 g/mol. The Morgan fingerprint density at radius 1 is 0.625 bits per heavy atom. The highest BCUT2D eigenvalue weighted by molar-refractivity contribution is 6.24. The second kappa shape index (κ2) is 14.7. The van der Waals surface area contributed by atoms with Gasteiger partial charge in [0.2, 0.25) is 0 Å². The zero-order chi connectivity index (χ0) is 51.6. The standard InChI is InChI=1S/C58H42N4O2/c1-58(2,3)40-32-33-59-54(34-40)62-51-31-30-47-46-22-10-13-27-53(46)64-57(47)55(51)48-29-28-43(36-52(48)62)63-42-21-14-20-41(35-42)60-37-61(50-26-12-11-25-49(50)60)56-44(38-16-6-4-7-17-38)23-15-24-45(56)39-18-8-5-9-19-39/h4-36H,1-3H3/i4D,5D,6D,7D,8D,9D,16D,17D,18D,19D. The van der Waals surface area contributed by atoms with Gasteiger partial charge in [-0.15, -0.1) is 0 Å². The average Bonchev–Trinajstić information content (AvgIpc) is 4.09. The third-order valence-corrected chi connectivity index (χ3v) is 11.8. The van der Waals surface area contributed by atoms with Crippen molar-refractivity contribution in [3.63, 3.8) is 0 Å². The first-order valence-electron chi connectivity index (χ1n) is 25.9. The molecule has 0 atom stereocenters. The molecule has 0 N–H and O–H groups in total. The molecule has 0 aliphatic heterocycles. The van der Waals surface area contributed by atoms with Gasteiger partial charge < -0.3 is 9.15 Å². The lowest BCUT2D eigenvalue weighted by atomic mass is 9.88. The van der Waals surface area contributed by atoms with E-state index in [1.54, 1.807) is 27.3 Å². The molecule has 0 saturated carbocycles. The number of nitrogens with zero attached hydrogens (tertiary/aromatic N) is 4. The average molecular weight is 837 g/mol. The maximum absolute atomic E-state index is 9.04. The molecule has 8 aromatic carbocycles. The minimum absolute atomic E-state index is 0.135. The number of pyridine rings is 1. The Kier molecular flexibility index (Phi) is 6.53. The highest BCUT2D eigenvalue weighted by atomic mass is 16.5. The van der Waals surface area contributed by atoms with Crippen molar-refractivity contribution in [1.29, 1.82) is 0 Å². The Hall–Kier alpha value is -8.22. The largest absolute Gasteiger partial charge is 0.458 e. The number of benzene rings is 8. The third kappa shape index (κ3) is 6.17. The number of rotatable bonds is 7. The van der Waals surface area contributed by atoms with E-state index in [-0.39, 0.29) is 33.4 Å². The summed E-state index contributed by atoms with van der Waals surface area (Å²) >= 11 is 0. The maximum atomic E-state index is 9.04. The molecule has 0 aliphatic carbocycles. The van der Waals surface area contributed by atoms with Gasteiger partial charge in [-0.1, -0.05) is 148 Å². The van der Waals surface area contributed by atoms with E-state index in [0.717, 1.165) is 55.1 Å². The van der Waals surface area contributed by atoms with Gasteiger partial charge in [-0.3, -0.25) is 13.7 Å².